The van der Waals surface area contributed by atoms with Crippen LogP contribution in [-0.2, 0) is 4.74 Å². The number of aromatic nitrogens is 1. The summed E-state index contributed by atoms with van der Waals surface area (Å²) in [7, 11) is 0. The number of ether oxygens (including phenoxy) is 1. The molecule has 0 amide bonds. The van der Waals surface area contributed by atoms with E-state index in [-0.39, 0.29) is 5.56 Å². The Bertz CT molecular complexity index is 688. The highest BCUT2D eigenvalue weighted by Gasteiger charge is 2.16. The second kappa shape index (κ2) is 5.74. The van der Waals surface area contributed by atoms with Gasteiger partial charge in [-0.3, -0.25) is 4.79 Å². The number of rotatable bonds is 3. The predicted molar refractivity (Wildman–Crippen MR) is 76.8 cm³/mol. The van der Waals surface area contributed by atoms with Crippen molar-refractivity contribution in [1.29, 1.82) is 0 Å². The van der Waals surface area contributed by atoms with Crippen LogP contribution in [0.4, 0.5) is 0 Å². The molecule has 0 aliphatic heterocycles. The van der Waals surface area contributed by atoms with Gasteiger partial charge in [0.15, 0.2) is 0 Å². The van der Waals surface area contributed by atoms with E-state index in [1.165, 1.54) is 6.07 Å². The Hall–Kier alpha value is -2.36. The molecule has 0 fully saturated rings. The van der Waals surface area contributed by atoms with Crippen molar-refractivity contribution < 1.29 is 9.53 Å². The van der Waals surface area contributed by atoms with Gasteiger partial charge in [0.2, 0.25) is 0 Å². The standard InChI is InChI=1S/C16H17NO3/c1-10-5-4-6-13(9-10)12(3)20-16(19)14-8-7-11(2)17-15(14)18/h4-9,12H,1-3H3,(H,17,18)/t12-/m1/s1. The highest BCUT2D eigenvalue weighted by Crippen LogP contribution is 2.18. The molecular weight excluding hydrogens is 254 g/mol. The lowest BCUT2D eigenvalue weighted by atomic mass is 10.1. The number of aryl methyl sites for hydroxylation is 2. The predicted octanol–water partition coefficient (Wildman–Crippen LogP) is 2.91. The molecule has 2 aromatic rings. The van der Waals surface area contributed by atoms with Gasteiger partial charge in [0.05, 0.1) is 0 Å². The van der Waals surface area contributed by atoms with Crippen molar-refractivity contribution in [2.24, 2.45) is 0 Å². The molecule has 0 saturated heterocycles. The van der Waals surface area contributed by atoms with E-state index in [1.54, 1.807) is 19.9 Å². The van der Waals surface area contributed by atoms with Crippen LogP contribution in [0.1, 0.15) is 40.2 Å². The fraction of sp³-hybridized carbons (Fsp3) is 0.250. The summed E-state index contributed by atoms with van der Waals surface area (Å²) in [5.74, 6) is -0.611. The van der Waals surface area contributed by atoms with Crippen LogP contribution >= 0.6 is 0 Å². The van der Waals surface area contributed by atoms with Crippen LogP contribution in [0, 0.1) is 13.8 Å². The van der Waals surface area contributed by atoms with Crippen LogP contribution in [0.15, 0.2) is 41.2 Å². The molecule has 1 aromatic heterocycles. The summed E-state index contributed by atoms with van der Waals surface area (Å²) in [6, 6.07) is 10.9. The average Bonchev–Trinajstić information content (AvgIpc) is 2.38. The first-order valence-electron chi connectivity index (χ1n) is 6.45. The lowest BCUT2D eigenvalue weighted by Gasteiger charge is -2.14. The van der Waals surface area contributed by atoms with Crippen molar-refractivity contribution >= 4 is 5.97 Å². The number of nitrogens with one attached hydrogen (secondary N) is 1. The third kappa shape index (κ3) is 3.15. The van der Waals surface area contributed by atoms with Crippen LogP contribution in [0.5, 0.6) is 0 Å². The van der Waals surface area contributed by atoms with Gasteiger partial charge in [0, 0.05) is 5.69 Å². The zero-order chi connectivity index (χ0) is 14.7. The summed E-state index contributed by atoms with van der Waals surface area (Å²) in [6.07, 6.45) is -0.400. The molecule has 0 spiro atoms. The molecule has 1 aromatic carbocycles. The van der Waals surface area contributed by atoms with E-state index < -0.39 is 17.6 Å². The van der Waals surface area contributed by atoms with E-state index >= 15 is 0 Å². The summed E-state index contributed by atoms with van der Waals surface area (Å²) in [6.45, 7) is 5.52. The molecule has 4 heteroatoms. The number of H-pyrrole nitrogens is 1. The molecule has 2 rings (SSSR count). The molecule has 1 heterocycles. The van der Waals surface area contributed by atoms with Crippen LogP contribution in [0.2, 0.25) is 0 Å². The van der Waals surface area contributed by atoms with E-state index in [1.807, 2.05) is 31.2 Å². The molecule has 1 atom stereocenters. The maximum absolute atomic E-state index is 12.0. The number of hydrogen-bond donors (Lipinski definition) is 1. The van der Waals surface area contributed by atoms with Crippen molar-refractivity contribution in [3.8, 4) is 0 Å². The summed E-state index contributed by atoms with van der Waals surface area (Å²) in [5.41, 5.74) is 2.31. The lowest BCUT2D eigenvalue weighted by Crippen LogP contribution is -2.21. The summed E-state index contributed by atoms with van der Waals surface area (Å²) in [5, 5.41) is 0. The Kier molecular flexibility index (Phi) is 4.03. The van der Waals surface area contributed by atoms with Crippen LogP contribution in [0.25, 0.3) is 0 Å². The smallest absolute Gasteiger partial charge is 0.344 e. The molecule has 4 nitrogen and oxygen atoms in total. The molecule has 1 N–H and O–H groups in total. The van der Waals surface area contributed by atoms with Gasteiger partial charge in [0.1, 0.15) is 11.7 Å². The SMILES string of the molecule is Cc1cccc([C@@H](C)OC(=O)c2ccc(C)[nH]c2=O)c1. The van der Waals surface area contributed by atoms with E-state index in [2.05, 4.69) is 4.98 Å². The molecule has 0 bridgehead atoms. The minimum Gasteiger partial charge on any atom is -0.454 e. The number of esters is 1. The van der Waals surface area contributed by atoms with E-state index in [0.29, 0.717) is 5.69 Å². The van der Waals surface area contributed by atoms with Gasteiger partial charge in [-0.05, 0) is 38.5 Å². The van der Waals surface area contributed by atoms with Crippen molar-refractivity contribution in [2.45, 2.75) is 26.9 Å². The second-order valence-corrected chi connectivity index (χ2v) is 4.85. The number of hydrogen-bond acceptors (Lipinski definition) is 3. The molecule has 104 valence electrons. The van der Waals surface area contributed by atoms with Gasteiger partial charge < -0.3 is 9.72 Å². The number of carbonyl (C=O) groups is 1. The van der Waals surface area contributed by atoms with E-state index in [4.69, 9.17) is 4.74 Å². The maximum Gasteiger partial charge on any atom is 0.344 e. The van der Waals surface area contributed by atoms with E-state index in [9.17, 15) is 9.59 Å². The van der Waals surface area contributed by atoms with Crippen molar-refractivity contribution in [2.75, 3.05) is 0 Å². The average molecular weight is 271 g/mol. The van der Waals surface area contributed by atoms with Crippen molar-refractivity contribution in [3.63, 3.8) is 0 Å². The zero-order valence-electron chi connectivity index (χ0n) is 11.8. The molecule has 0 radical (unpaired) electrons. The maximum atomic E-state index is 12.0. The third-order valence-corrected chi connectivity index (χ3v) is 3.07. The molecule has 0 saturated carbocycles. The first kappa shape index (κ1) is 14.1. The number of benzene rings is 1. The van der Waals surface area contributed by atoms with Gasteiger partial charge >= 0.3 is 5.97 Å². The Morgan fingerprint density at radius 1 is 1.20 bits per heavy atom. The minimum atomic E-state index is -0.611. The fourth-order valence-corrected chi connectivity index (χ4v) is 1.95. The number of carbonyl (C=O) groups excluding carboxylic acids is 1. The first-order chi connectivity index (χ1) is 9.47. The van der Waals surface area contributed by atoms with E-state index in [0.717, 1.165) is 11.1 Å². The lowest BCUT2D eigenvalue weighted by molar-refractivity contribution is 0.0335. The van der Waals surface area contributed by atoms with Gasteiger partial charge in [-0.2, -0.15) is 0 Å². The molecule has 0 aliphatic carbocycles. The summed E-state index contributed by atoms with van der Waals surface area (Å²) >= 11 is 0. The van der Waals surface area contributed by atoms with Gasteiger partial charge in [-0.15, -0.1) is 0 Å². The van der Waals surface area contributed by atoms with Gasteiger partial charge in [0.25, 0.3) is 5.56 Å². The number of aromatic amines is 1. The quantitative estimate of drug-likeness (QED) is 0.873. The van der Waals surface area contributed by atoms with Gasteiger partial charge in [-0.25, -0.2) is 4.79 Å². The Labute approximate surface area is 117 Å². The van der Waals surface area contributed by atoms with Crippen molar-refractivity contribution in [3.05, 3.63) is 69.1 Å². The number of pyridine rings is 1. The van der Waals surface area contributed by atoms with Crippen LogP contribution in [-0.4, -0.2) is 11.0 Å². The highest BCUT2D eigenvalue weighted by atomic mass is 16.5. The summed E-state index contributed by atoms with van der Waals surface area (Å²) < 4.78 is 5.34. The topological polar surface area (TPSA) is 59.2 Å². The van der Waals surface area contributed by atoms with Gasteiger partial charge in [-0.1, -0.05) is 29.8 Å². The molecular formula is C16H17NO3. The second-order valence-electron chi connectivity index (χ2n) is 4.85. The fourth-order valence-electron chi connectivity index (χ4n) is 1.95. The molecule has 0 aliphatic rings. The molecule has 20 heavy (non-hydrogen) atoms. The Morgan fingerprint density at radius 3 is 2.60 bits per heavy atom. The first-order valence-corrected chi connectivity index (χ1v) is 6.45. The zero-order valence-corrected chi connectivity index (χ0v) is 11.8. The van der Waals surface area contributed by atoms with Crippen LogP contribution < -0.4 is 5.56 Å². The minimum absolute atomic E-state index is 0.0232. The Balaban J connectivity index is 2.17. The monoisotopic (exact) mass is 271 g/mol. The highest BCUT2D eigenvalue weighted by molar-refractivity contribution is 5.89. The normalized spacial score (nSPS) is 11.9. The van der Waals surface area contributed by atoms with Crippen LogP contribution in [0.3, 0.4) is 0 Å². The molecule has 0 unspecified atom stereocenters. The third-order valence-electron chi connectivity index (χ3n) is 3.07. The Morgan fingerprint density at radius 2 is 1.95 bits per heavy atom. The largest absolute Gasteiger partial charge is 0.454 e. The van der Waals surface area contributed by atoms with Crippen molar-refractivity contribution in [1.82, 2.24) is 4.98 Å². The summed E-state index contributed by atoms with van der Waals surface area (Å²) in [4.78, 5) is 26.3.